The van der Waals surface area contributed by atoms with Gasteiger partial charge in [-0.3, -0.25) is 4.79 Å². The van der Waals surface area contributed by atoms with Gasteiger partial charge >= 0.3 is 6.18 Å². The van der Waals surface area contributed by atoms with Gasteiger partial charge in [0.1, 0.15) is 5.82 Å². The van der Waals surface area contributed by atoms with Crippen molar-refractivity contribution in [2.75, 3.05) is 10.6 Å². The fraction of sp³-hybridized carbons (Fsp3) is 0.444. The first-order chi connectivity index (χ1) is 12.9. The second-order valence-corrected chi connectivity index (χ2v) is 8.64. The molecule has 2 atom stereocenters. The van der Waals surface area contributed by atoms with Crippen molar-refractivity contribution in [3.8, 4) is 0 Å². The Labute approximate surface area is 170 Å². The highest BCUT2D eigenvalue weighted by molar-refractivity contribution is 6.36. The van der Waals surface area contributed by atoms with Gasteiger partial charge in [-0.15, -0.1) is 0 Å². The lowest BCUT2D eigenvalue weighted by molar-refractivity contribution is -0.175. The van der Waals surface area contributed by atoms with E-state index < -0.39 is 29.6 Å². The first-order valence-electron chi connectivity index (χ1n) is 8.55. The number of hydrogen-bond acceptors (Lipinski definition) is 3. The summed E-state index contributed by atoms with van der Waals surface area (Å²) in [6.07, 6.45) is -4.66. The van der Waals surface area contributed by atoms with Gasteiger partial charge in [0.05, 0.1) is 10.7 Å². The second-order valence-electron chi connectivity index (χ2n) is 7.79. The molecule has 2 aromatic rings. The van der Waals surface area contributed by atoms with E-state index in [1.165, 1.54) is 24.3 Å². The van der Waals surface area contributed by atoms with Crippen LogP contribution < -0.4 is 10.6 Å². The number of aromatic nitrogens is 2. The molecule has 10 heteroatoms. The lowest BCUT2D eigenvalue weighted by atomic mass is 9.82. The first-order valence-corrected chi connectivity index (χ1v) is 9.31. The molecule has 0 aliphatic carbocycles. The van der Waals surface area contributed by atoms with Crippen molar-refractivity contribution in [2.45, 2.75) is 45.5 Å². The van der Waals surface area contributed by atoms with Gasteiger partial charge in [0.15, 0.2) is 11.7 Å². The summed E-state index contributed by atoms with van der Waals surface area (Å²) in [5.74, 6) is -0.512. The molecule has 28 heavy (non-hydrogen) atoms. The summed E-state index contributed by atoms with van der Waals surface area (Å²) >= 11 is 11.8. The summed E-state index contributed by atoms with van der Waals surface area (Å²) in [7, 11) is 0. The van der Waals surface area contributed by atoms with Crippen molar-refractivity contribution in [3.05, 3.63) is 40.0 Å². The topological polar surface area (TPSA) is 59.0 Å². The summed E-state index contributed by atoms with van der Waals surface area (Å²) in [4.78, 5) is 12.5. The van der Waals surface area contributed by atoms with E-state index in [0.29, 0.717) is 5.02 Å². The molecule has 0 saturated carbocycles. The van der Waals surface area contributed by atoms with E-state index in [-0.39, 0.29) is 28.6 Å². The number of rotatable bonds is 2. The van der Waals surface area contributed by atoms with Gasteiger partial charge in [0, 0.05) is 17.1 Å². The molecule has 1 aliphatic heterocycles. The zero-order valence-electron chi connectivity index (χ0n) is 15.4. The van der Waals surface area contributed by atoms with Crippen LogP contribution in [-0.4, -0.2) is 27.9 Å². The highest BCUT2D eigenvalue weighted by Crippen LogP contribution is 2.43. The van der Waals surface area contributed by atoms with Crippen molar-refractivity contribution in [1.82, 2.24) is 9.78 Å². The fourth-order valence-electron chi connectivity index (χ4n) is 3.03. The van der Waals surface area contributed by atoms with Gasteiger partial charge in [0.2, 0.25) is 0 Å². The summed E-state index contributed by atoms with van der Waals surface area (Å²) in [5, 5.41) is 10.1. The molecule has 0 radical (unpaired) electrons. The van der Waals surface area contributed by atoms with Gasteiger partial charge in [0.25, 0.3) is 5.91 Å². The third-order valence-electron chi connectivity index (χ3n) is 4.65. The number of halogens is 5. The van der Waals surface area contributed by atoms with Gasteiger partial charge < -0.3 is 10.6 Å². The van der Waals surface area contributed by atoms with Gasteiger partial charge in [-0.05, 0) is 30.0 Å². The lowest BCUT2D eigenvalue weighted by Gasteiger charge is -2.39. The Morgan fingerprint density at radius 2 is 1.93 bits per heavy atom. The molecule has 152 valence electrons. The van der Waals surface area contributed by atoms with Crippen LogP contribution in [0.3, 0.4) is 0 Å². The van der Waals surface area contributed by atoms with Crippen LogP contribution >= 0.6 is 23.2 Å². The number of carbonyl (C=O) groups is 1. The lowest BCUT2D eigenvalue weighted by Crippen LogP contribution is -2.44. The van der Waals surface area contributed by atoms with Crippen molar-refractivity contribution in [3.63, 3.8) is 0 Å². The number of carbonyl (C=O) groups excluding carboxylic acids is 1. The third-order valence-corrected chi connectivity index (χ3v) is 5.20. The van der Waals surface area contributed by atoms with E-state index >= 15 is 0 Å². The van der Waals surface area contributed by atoms with E-state index in [1.54, 1.807) is 0 Å². The standard InChI is InChI=1S/C18H19Cl2F3N4O/c1-17(2,3)13-8-14(18(21,22)23)27-15(25-13)7-12(26-27)16(28)24-11-5-4-9(19)6-10(11)20/h4-7,13-14,25H,8H2,1-3H3,(H,24,28)/t13-,14+/m1/s1. The Kier molecular flexibility index (Phi) is 5.31. The van der Waals surface area contributed by atoms with Crippen molar-refractivity contribution < 1.29 is 18.0 Å². The Balaban J connectivity index is 1.92. The zero-order chi connectivity index (χ0) is 20.9. The van der Waals surface area contributed by atoms with E-state index in [0.717, 1.165) is 4.68 Å². The van der Waals surface area contributed by atoms with Gasteiger partial charge in [-0.1, -0.05) is 44.0 Å². The minimum absolute atomic E-state index is 0.141. The van der Waals surface area contributed by atoms with Crippen molar-refractivity contribution >= 4 is 40.6 Å². The van der Waals surface area contributed by atoms with Crippen molar-refractivity contribution in [2.24, 2.45) is 5.41 Å². The number of nitrogens with one attached hydrogen (secondary N) is 2. The van der Waals surface area contributed by atoms with Crippen LogP contribution in [0.4, 0.5) is 24.7 Å². The molecular weight excluding hydrogens is 416 g/mol. The van der Waals surface area contributed by atoms with Crippen molar-refractivity contribution in [1.29, 1.82) is 0 Å². The smallest absolute Gasteiger partial charge is 0.367 e. The predicted octanol–water partition coefficient (Wildman–Crippen LogP) is 5.78. The number of fused-ring (bicyclic) bond motifs is 1. The van der Waals surface area contributed by atoms with Crippen LogP contribution in [0.1, 0.15) is 43.7 Å². The average Bonchev–Trinajstić information content (AvgIpc) is 2.98. The van der Waals surface area contributed by atoms with E-state index in [1.807, 2.05) is 20.8 Å². The first kappa shape index (κ1) is 20.8. The number of anilines is 2. The number of nitrogens with zero attached hydrogens (tertiary/aromatic N) is 2. The predicted molar refractivity (Wildman–Crippen MR) is 103 cm³/mol. The molecule has 1 amide bonds. The maximum absolute atomic E-state index is 13.6. The summed E-state index contributed by atoms with van der Waals surface area (Å²) < 4.78 is 41.7. The molecule has 2 heterocycles. The Bertz CT molecular complexity index is 905. The summed E-state index contributed by atoms with van der Waals surface area (Å²) in [5.41, 5.74) is -0.259. The van der Waals surface area contributed by atoms with Crippen LogP contribution in [0.15, 0.2) is 24.3 Å². The third kappa shape index (κ3) is 4.22. The molecule has 0 fully saturated rings. The molecule has 3 rings (SSSR count). The molecule has 1 aromatic heterocycles. The maximum atomic E-state index is 13.6. The quantitative estimate of drug-likeness (QED) is 0.629. The number of hydrogen-bond donors (Lipinski definition) is 2. The molecule has 1 aliphatic rings. The van der Waals surface area contributed by atoms with Crippen LogP contribution in [0.5, 0.6) is 0 Å². The average molecular weight is 435 g/mol. The molecule has 0 unspecified atom stereocenters. The molecule has 0 spiro atoms. The highest BCUT2D eigenvalue weighted by Gasteiger charge is 2.48. The van der Waals surface area contributed by atoms with E-state index in [4.69, 9.17) is 23.2 Å². The monoisotopic (exact) mass is 434 g/mol. The van der Waals surface area contributed by atoms with Gasteiger partial charge in [-0.25, -0.2) is 4.68 Å². The molecular formula is C18H19Cl2F3N4O. The molecule has 2 N–H and O–H groups in total. The summed E-state index contributed by atoms with van der Waals surface area (Å²) in [6.45, 7) is 5.58. The minimum atomic E-state index is -4.49. The number of amides is 1. The Morgan fingerprint density at radius 3 is 2.50 bits per heavy atom. The molecule has 0 saturated heterocycles. The number of alkyl halides is 3. The molecule has 0 bridgehead atoms. The molecule has 5 nitrogen and oxygen atoms in total. The second kappa shape index (κ2) is 7.15. The van der Waals surface area contributed by atoms with E-state index in [2.05, 4.69) is 15.7 Å². The highest BCUT2D eigenvalue weighted by atomic mass is 35.5. The Morgan fingerprint density at radius 1 is 1.25 bits per heavy atom. The summed E-state index contributed by atoms with van der Waals surface area (Å²) in [6, 6.07) is 3.57. The Hall–Kier alpha value is -1.93. The minimum Gasteiger partial charge on any atom is -0.367 e. The largest absolute Gasteiger partial charge is 0.410 e. The number of benzene rings is 1. The SMILES string of the molecule is CC(C)(C)[C@H]1C[C@@H](C(F)(F)F)n2nc(C(=O)Nc3ccc(Cl)cc3Cl)cc2N1. The maximum Gasteiger partial charge on any atom is 0.410 e. The van der Waals surface area contributed by atoms with E-state index in [9.17, 15) is 18.0 Å². The van der Waals surface area contributed by atoms with Crippen LogP contribution in [0.25, 0.3) is 0 Å². The fourth-order valence-corrected chi connectivity index (χ4v) is 3.49. The molecule has 1 aromatic carbocycles. The van der Waals surface area contributed by atoms with Crippen LogP contribution in [-0.2, 0) is 0 Å². The normalized spacial score (nSPS) is 19.7. The van der Waals surface area contributed by atoms with Crippen LogP contribution in [0, 0.1) is 5.41 Å². The zero-order valence-corrected chi connectivity index (χ0v) is 16.9. The van der Waals surface area contributed by atoms with Gasteiger partial charge in [-0.2, -0.15) is 18.3 Å². The van der Waals surface area contributed by atoms with Crippen LogP contribution in [0.2, 0.25) is 10.0 Å².